The van der Waals surface area contributed by atoms with E-state index >= 15 is 0 Å². The first-order valence-corrected chi connectivity index (χ1v) is 6.85. The van der Waals surface area contributed by atoms with Crippen LogP contribution >= 0.6 is 11.6 Å². The van der Waals surface area contributed by atoms with Gasteiger partial charge in [-0.2, -0.15) is 0 Å². The van der Waals surface area contributed by atoms with Crippen LogP contribution in [0, 0.1) is 6.92 Å². The fourth-order valence-corrected chi connectivity index (χ4v) is 2.33. The number of aryl methyl sites for hydroxylation is 1. The van der Waals surface area contributed by atoms with E-state index < -0.39 is 0 Å². The van der Waals surface area contributed by atoms with Crippen LogP contribution in [0.3, 0.4) is 0 Å². The first kappa shape index (κ1) is 12.9. The summed E-state index contributed by atoms with van der Waals surface area (Å²) in [7, 11) is 0. The Morgan fingerprint density at radius 3 is 2.80 bits per heavy atom. The van der Waals surface area contributed by atoms with Crippen LogP contribution in [0.5, 0.6) is 11.8 Å². The number of alkyl halides is 1. The summed E-state index contributed by atoms with van der Waals surface area (Å²) in [5.74, 6) is 1.14. The third-order valence-corrected chi connectivity index (χ3v) is 3.33. The zero-order chi connectivity index (χ0) is 13.9. The van der Waals surface area contributed by atoms with Crippen LogP contribution in [0.1, 0.15) is 11.3 Å². The second kappa shape index (κ2) is 5.47. The van der Waals surface area contributed by atoms with E-state index in [1.807, 2.05) is 43.3 Å². The Hall–Kier alpha value is -2.13. The van der Waals surface area contributed by atoms with Crippen molar-refractivity contribution in [3.63, 3.8) is 0 Å². The number of fused-ring (bicyclic) bond motifs is 1. The standard InChI is InChI=1S/C16H13ClN2O/c1-11-6-7-18-16(19-11)20-14-8-12-4-2-3-5-15(12)13(9-14)10-17/h2-9H,10H2,1H3. The molecule has 0 atom stereocenters. The lowest BCUT2D eigenvalue weighted by molar-refractivity contribution is 0.440. The summed E-state index contributed by atoms with van der Waals surface area (Å²) in [5.41, 5.74) is 1.90. The van der Waals surface area contributed by atoms with Gasteiger partial charge >= 0.3 is 6.01 Å². The smallest absolute Gasteiger partial charge is 0.322 e. The Labute approximate surface area is 122 Å². The Morgan fingerprint density at radius 1 is 1.15 bits per heavy atom. The monoisotopic (exact) mass is 284 g/mol. The van der Waals surface area contributed by atoms with Crippen LogP contribution in [0.15, 0.2) is 48.7 Å². The predicted molar refractivity (Wildman–Crippen MR) is 80.3 cm³/mol. The first-order chi connectivity index (χ1) is 9.76. The third kappa shape index (κ3) is 2.58. The molecular formula is C16H13ClN2O. The molecule has 0 saturated heterocycles. The van der Waals surface area contributed by atoms with Gasteiger partial charge in [-0.3, -0.25) is 0 Å². The highest BCUT2D eigenvalue weighted by Gasteiger charge is 2.06. The number of halogens is 1. The van der Waals surface area contributed by atoms with Gasteiger partial charge < -0.3 is 4.74 Å². The van der Waals surface area contributed by atoms with Crippen molar-refractivity contribution in [3.05, 3.63) is 59.9 Å². The Bertz CT molecular complexity index is 758. The van der Waals surface area contributed by atoms with E-state index in [0.717, 1.165) is 22.0 Å². The van der Waals surface area contributed by atoms with Gasteiger partial charge in [-0.1, -0.05) is 24.3 Å². The second-order valence-electron chi connectivity index (χ2n) is 4.52. The van der Waals surface area contributed by atoms with Gasteiger partial charge in [-0.25, -0.2) is 9.97 Å². The lowest BCUT2D eigenvalue weighted by Crippen LogP contribution is -1.94. The minimum Gasteiger partial charge on any atom is -0.424 e. The molecule has 0 saturated carbocycles. The molecule has 0 bridgehead atoms. The molecule has 2 aromatic carbocycles. The normalized spacial score (nSPS) is 10.7. The largest absolute Gasteiger partial charge is 0.424 e. The van der Waals surface area contributed by atoms with Gasteiger partial charge in [0.25, 0.3) is 0 Å². The van der Waals surface area contributed by atoms with Gasteiger partial charge in [-0.15, -0.1) is 11.6 Å². The van der Waals surface area contributed by atoms with E-state index in [2.05, 4.69) is 16.0 Å². The summed E-state index contributed by atoms with van der Waals surface area (Å²) in [5, 5.41) is 2.23. The molecule has 1 aromatic heterocycles. The highest BCUT2D eigenvalue weighted by atomic mass is 35.5. The summed E-state index contributed by atoms with van der Waals surface area (Å²) < 4.78 is 5.73. The molecule has 0 unspecified atom stereocenters. The van der Waals surface area contributed by atoms with E-state index in [4.69, 9.17) is 16.3 Å². The Kier molecular flexibility index (Phi) is 3.52. The maximum Gasteiger partial charge on any atom is 0.322 e. The molecule has 0 N–H and O–H groups in total. The van der Waals surface area contributed by atoms with Crippen LogP contribution in [-0.2, 0) is 5.88 Å². The van der Waals surface area contributed by atoms with Crippen molar-refractivity contribution in [2.45, 2.75) is 12.8 Å². The molecule has 0 radical (unpaired) electrons. The first-order valence-electron chi connectivity index (χ1n) is 6.31. The minimum absolute atomic E-state index is 0.348. The van der Waals surface area contributed by atoms with Gasteiger partial charge in [0.15, 0.2) is 0 Å². The van der Waals surface area contributed by atoms with Crippen molar-refractivity contribution < 1.29 is 4.74 Å². The second-order valence-corrected chi connectivity index (χ2v) is 4.79. The lowest BCUT2D eigenvalue weighted by atomic mass is 10.1. The fraction of sp³-hybridized carbons (Fsp3) is 0.125. The van der Waals surface area contributed by atoms with Crippen molar-refractivity contribution in [1.29, 1.82) is 0 Å². The van der Waals surface area contributed by atoms with E-state index in [-0.39, 0.29) is 0 Å². The number of aromatic nitrogens is 2. The number of nitrogens with zero attached hydrogens (tertiary/aromatic N) is 2. The van der Waals surface area contributed by atoms with Crippen LogP contribution < -0.4 is 4.74 Å². The average Bonchev–Trinajstić information content (AvgIpc) is 2.46. The summed E-state index contributed by atoms with van der Waals surface area (Å²) in [4.78, 5) is 8.34. The number of ether oxygens (including phenoxy) is 1. The molecule has 20 heavy (non-hydrogen) atoms. The molecule has 0 amide bonds. The molecule has 3 nitrogen and oxygen atoms in total. The molecule has 3 rings (SSSR count). The molecule has 0 fully saturated rings. The topological polar surface area (TPSA) is 35.0 Å². The maximum absolute atomic E-state index is 6.02. The Morgan fingerprint density at radius 2 is 2.00 bits per heavy atom. The van der Waals surface area contributed by atoms with Crippen LogP contribution in [0.2, 0.25) is 0 Å². The zero-order valence-corrected chi connectivity index (χ0v) is 11.8. The van der Waals surface area contributed by atoms with Crippen LogP contribution in [-0.4, -0.2) is 9.97 Å². The maximum atomic E-state index is 6.02. The van der Waals surface area contributed by atoms with Crippen molar-refractivity contribution in [3.8, 4) is 11.8 Å². The van der Waals surface area contributed by atoms with Crippen molar-refractivity contribution in [2.75, 3.05) is 0 Å². The van der Waals surface area contributed by atoms with Crippen molar-refractivity contribution in [1.82, 2.24) is 9.97 Å². The van der Waals surface area contributed by atoms with E-state index in [1.165, 1.54) is 0 Å². The molecular weight excluding hydrogens is 272 g/mol. The number of hydrogen-bond donors (Lipinski definition) is 0. The van der Waals surface area contributed by atoms with Crippen molar-refractivity contribution in [2.24, 2.45) is 0 Å². The average molecular weight is 285 g/mol. The van der Waals surface area contributed by atoms with Gasteiger partial charge in [0, 0.05) is 17.8 Å². The minimum atomic E-state index is 0.348. The van der Waals surface area contributed by atoms with Crippen LogP contribution in [0.4, 0.5) is 0 Å². The van der Waals surface area contributed by atoms with E-state index in [0.29, 0.717) is 17.6 Å². The third-order valence-electron chi connectivity index (χ3n) is 3.05. The summed E-state index contributed by atoms with van der Waals surface area (Å²) in [6.07, 6.45) is 1.68. The molecule has 0 spiro atoms. The van der Waals surface area contributed by atoms with E-state index in [9.17, 15) is 0 Å². The van der Waals surface area contributed by atoms with Gasteiger partial charge in [0.2, 0.25) is 0 Å². The highest BCUT2D eigenvalue weighted by molar-refractivity contribution is 6.18. The highest BCUT2D eigenvalue weighted by Crippen LogP contribution is 2.28. The van der Waals surface area contributed by atoms with E-state index in [1.54, 1.807) is 6.20 Å². The van der Waals surface area contributed by atoms with Crippen LogP contribution in [0.25, 0.3) is 10.8 Å². The van der Waals surface area contributed by atoms with Gasteiger partial charge in [0.05, 0.1) is 0 Å². The summed E-state index contributed by atoms with van der Waals surface area (Å²) in [6.45, 7) is 1.90. The molecule has 1 heterocycles. The molecule has 100 valence electrons. The number of benzene rings is 2. The summed E-state index contributed by atoms with van der Waals surface area (Å²) >= 11 is 6.02. The molecule has 0 aliphatic rings. The quantitative estimate of drug-likeness (QED) is 0.666. The number of rotatable bonds is 3. The SMILES string of the molecule is Cc1ccnc(Oc2cc(CCl)c3ccccc3c2)n1. The zero-order valence-electron chi connectivity index (χ0n) is 11.0. The summed E-state index contributed by atoms with van der Waals surface area (Å²) in [6, 6.07) is 14.2. The Balaban J connectivity index is 2.03. The molecule has 3 aromatic rings. The molecule has 4 heteroatoms. The predicted octanol–water partition coefficient (Wildman–Crippen LogP) is 4.47. The lowest BCUT2D eigenvalue weighted by Gasteiger charge is -2.09. The van der Waals surface area contributed by atoms with Gasteiger partial charge in [0.1, 0.15) is 5.75 Å². The fourth-order valence-electron chi connectivity index (χ4n) is 2.11. The van der Waals surface area contributed by atoms with Gasteiger partial charge in [-0.05, 0) is 41.5 Å². The number of hydrogen-bond acceptors (Lipinski definition) is 3. The van der Waals surface area contributed by atoms with Crippen molar-refractivity contribution >= 4 is 22.4 Å². The molecule has 0 aliphatic heterocycles. The molecule has 0 aliphatic carbocycles.